The first-order valence-electron chi connectivity index (χ1n) is 7.80. The third-order valence-electron chi connectivity index (χ3n) is 4.02. The molecule has 0 saturated carbocycles. The van der Waals surface area contributed by atoms with Crippen LogP contribution >= 0.6 is 11.6 Å². The Balaban J connectivity index is 4.39. The number of unbranched alkanes of at least 4 members (excludes halogenated alkanes) is 3. The van der Waals surface area contributed by atoms with Crippen molar-refractivity contribution in [3.63, 3.8) is 0 Å². The molecule has 0 aliphatic carbocycles. The zero-order valence-electron chi connectivity index (χ0n) is 12.4. The van der Waals surface area contributed by atoms with Crippen molar-refractivity contribution in [3.05, 3.63) is 0 Å². The van der Waals surface area contributed by atoms with Crippen LogP contribution in [0.2, 0.25) is 0 Å². The van der Waals surface area contributed by atoms with E-state index in [0.29, 0.717) is 5.41 Å². The summed E-state index contributed by atoms with van der Waals surface area (Å²) in [6.45, 7) is 6.93. The lowest BCUT2D eigenvalue weighted by molar-refractivity contribution is 0.181. The van der Waals surface area contributed by atoms with Gasteiger partial charge in [0, 0.05) is 5.88 Å². The van der Waals surface area contributed by atoms with Gasteiger partial charge in [-0.15, -0.1) is 11.6 Å². The molecule has 0 aliphatic rings. The molecule has 0 radical (unpaired) electrons. The lowest BCUT2D eigenvalue weighted by atomic mass is 9.71. The number of rotatable bonds is 12. The van der Waals surface area contributed by atoms with E-state index < -0.39 is 0 Å². The van der Waals surface area contributed by atoms with Crippen molar-refractivity contribution in [2.24, 2.45) is 5.41 Å². The summed E-state index contributed by atoms with van der Waals surface area (Å²) in [6.07, 6.45) is 15.1. The molecule has 0 aromatic heterocycles. The molecule has 0 N–H and O–H groups in total. The third-order valence-corrected chi connectivity index (χ3v) is 4.29. The highest BCUT2D eigenvalue weighted by Crippen LogP contribution is 2.40. The molecule has 0 aliphatic heterocycles. The molecule has 0 rings (SSSR count). The molecule has 0 nitrogen and oxygen atoms in total. The minimum atomic E-state index is 0.622. The van der Waals surface area contributed by atoms with Crippen LogP contribution in [0.1, 0.15) is 91.4 Å². The predicted octanol–water partition coefficient (Wildman–Crippen LogP) is 6.56. The average molecular weight is 261 g/mol. The van der Waals surface area contributed by atoms with Gasteiger partial charge in [-0.2, -0.15) is 0 Å². The van der Waals surface area contributed by atoms with E-state index in [-0.39, 0.29) is 0 Å². The molecular weight excluding hydrogens is 228 g/mol. The Hall–Kier alpha value is 0.290. The largest absolute Gasteiger partial charge is 0.127 e. The van der Waals surface area contributed by atoms with Crippen molar-refractivity contribution in [2.75, 3.05) is 5.88 Å². The molecule has 17 heavy (non-hydrogen) atoms. The summed E-state index contributed by atoms with van der Waals surface area (Å²) < 4.78 is 0. The maximum Gasteiger partial charge on any atom is 0.0223 e. The second kappa shape index (κ2) is 11.4. The van der Waals surface area contributed by atoms with Gasteiger partial charge >= 0.3 is 0 Å². The molecule has 0 spiro atoms. The van der Waals surface area contributed by atoms with Crippen LogP contribution in [-0.4, -0.2) is 5.88 Å². The minimum Gasteiger partial charge on any atom is -0.127 e. The maximum absolute atomic E-state index is 5.91. The zero-order valence-corrected chi connectivity index (χ0v) is 13.1. The quantitative estimate of drug-likeness (QED) is 0.349. The molecule has 0 saturated heterocycles. The maximum atomic E-state index is 5.91. The molecule has 0 bridgehead atoms. The van der Waals surface area contributed by atoms with Crippen LogP contribution in [-0.2, 0) is 0 Å². The van der Waals surface area contributed by atoms with E-state index in [4.69, 9.17) is 11.6 Å². The molecule has 104 valence electrons. The van der Waals surface area contributed by atoms with Gasteiger partial charge in [-0.05, 0) is 37.5 Å². The smallest absolute Gasteiger partial charge is 0.0223 e. The highest BCUT2D eigenvalue weighted by molar-refractivity contribution is 6.17. The fourth-order valence-corrected chi connectivity index (χ4v) is 2.98. The highest BCUT2D eigenvalue weighted by atomic mass is 35.5. The van der Waals surface area contributed by atoms with Gasteiger partial charge in [0.25, 0.3) is 0 Å². The summed E-state index contributed by atoms with van der Waals surface area (Å²) in [5.74, 6) is 0.839. The highest BCUT2D eigenvalue weighted by Gasteiger charge is 2.27. The van der Waals surface area contributed by atoms with Gasteiger partial charge in [0.2, 0.25) is 0 Å². The van der Waals surface area contributed by atoms with E-state index in [1.54, 1.807) is 0 Å². The molecule has 0 amide bonds. The van der Waals surface area contributed by atoms with Crippen molar-refractivity contribution >= 4 is 11.6 Å². The molecule has 0 heterocycles. The first-order valence-corrected chi connectivity index (χ1v) is 8.34. The number of hydrogen-bond acceptors (Lipinski definition) is 0. The second-order valence-corrected chi connectivity index (χ2v) is 5.98. The van der Waals surface area contributed by atoms with E-state index in [1.165, 1.54) is 70.6 Å². The Labute approximate surface area is 115 Å². The molecule has 0 aromatic rings. The van der Waals surface area contributed by atoms with E-state index >= 15 is 0 Å². The summed E-state index contributed by atoms with van der Waals surface area (Å²) in [4.78, 5) is 0. The number of alkyl halides is 1. The first-order chi connectivity index (χ1) is 8.24. The third kappa shape index (κ3) is 8.08. The SMILES string of the molecule is CCCCC(CCCC)(CCCC)CCCCl. The van der Waals surface area contributed by atoms with Crippen LogP contribution in [0.25, 0.3) is 0 Å². The van der Waals surface area contributed by atoms with Crippen LogP contribution in [0, 0.1) is 5.41 Å². The summed E-state index contributed by atoms with van der Waals surface area (Å²) in [7, 11) is 0. The lowest BCUT2D eigenvalue weighted by Gasteiger charge is -2.34. The van der Waals surface area contributed by atoms with Gasteiger partial charge in [-0.3, -0.25) is 0 Å². The summed E-state index contributed by atoms with van der Waals surface area (Å²) in [5, 5.41) is 0. The van der Waals surface area contributed by atoms with E-state index in [9.17, 15) is 0 Å². The van der Waals surface area contributed by atoms with Crippen LogP contribution in [0.4, 0.5) is 0 Å². The fraction of sp³-hybridized carbons (Fsp3) is 1.00. The standard InChI is InChI=1S/C16H33Cl/c1-4-7-11-16(12-8-5-2,13-9-6-3)14-10-15-17/h4-15H2,1-3H3. The van der Waals surface area contributed by atoms with Gasteiger partial charge in [-0.25, -0.2) is 0 Å². The lowest BCUT2D eigenvalue weighted by Crippen LogP contribution is -2.21. The summed E-state index contributed by atoms with van der Waals surface area (Å²) in [6, 6.07) is 0. The van der Waals surface area contributed by atoms with Gasteiger partial charge in [0.1, 0.15) is 0 Å². The van der Waals surface area contributed by atoms with E-state index in [2.05, 4.69) is 20.8 Å². The van der Waals surface area contributed by atoms with Crippen LogP contribution in [0.3, 0.4) is 0 Å². The van der Waals surface area contributed by atoms with E-state index in [0.717, 1.165) is 5.88 Å². The fourth-order valence-electron chi connectivity index (χ4n) is 2.85. The van der Waals surface area contributed by atoms with Crippen LogP contribution in [0.5, 0.6) is 0 Å². The molecule has 1 heteroatoms. The Morgan fingerprint density at radius 3 is 1.29 bits per heavy atom. The summed E-state index contributed by atoms with van der Waals surface area (Å²) in [5.41, 5.74) is 0.622. The summed E-state index contributed by atoms with van der Waals surface area (Å²) >= 11 is 5.91. The minimum absolute atomic E-state index is 0.622. The van der Waals surface area contributed by atoms with Crippen LogP contribution < -0.4 is 0 Å². The zero-order chi connectivity index (χ0) is 13.0. The van der Waals surface area contributed by atoms with Crippen LogP contribution in [0.15, 0.2) is 0 Å². The Bertz CT molecular complexity index is 116. The van der Waals surface area contributed by atoms with Crippen molar-refractivity contribution in [1.82, 2.24) is 0 Å². The van der Waals surface area contributed by atoms with Gasteiger partial charge in [-0.1, -0.05) is 59.3 Å². The molecule has 0 atom stereocenters. The Kier molecular flexibility index (Phi) is 11.6. The average Bonchev–Trinajstić information content (AvgIpc) is 2.37. The van der Waals surface area contributed by atoms with Crippen molar-refractivity contribution in [2.45, 2.75) is 91.4 Å². The number of hydrogen-bond donors (Lipinski definition) is 0. The predicted molar refractivity (Wildman–Crippen MR) is 81.0 cm³/mol. The number of halogens is 1. The molecule has 0 aromatic carbocycles. The van der Waals surface area contributed by atoms with E-state index in [1.807, 2.05) is 0 Å². The van der Waals surface area contributed by atoms with Crippen molar-refractivity contribution in [1.29, 1.82) is 0 Å². The van der Waals surface area contributed by atoms with Gasteiger partial charge < -0.3 is 0 Å². The topological polar surface area (TPSA) is 0 Å². The monoisotopic (exact) mass is 260 g/mol. The van der Waals surface area contributed by atoms with Crippen molar-refractivity contribution < 1.29 is 0 Å². The van der Waals surface area contributed by atoms with Gasteiger partial charge in [0.05, 0.1) is 0 Å². The second-order valence-electron chi connectivity index (χ2n) is 5.60. The normalized spacial score (nSPS) is 12.0. The van der Waals surface area contributed by atoms with Crippen molar-refractivity contribution in [3.8, 4) is 0 Å². The molecule has 0 fully saturated rings. The first kappa shape index (κ1) is 17.3. The van der Waals surface area contributed by atoms with Gasteiger partial charge in [0.15, 0.2) is 0 Å². The Morgan fingerprint density at radius 2 is 1.00 bits per heavy atom. The Morgan fingerprint density at radius 1 is 0.647 bits per heavy atom. The molecular formula is C16H33Cl. The molecule has 0 unspecified atom stereocenters.